The normalized spacial score (nSPS) is 10.6. The Morgan fingerprint density at radius 2 is 1.77 bits per heavy atom. The first kappa shape index (κ1) is 21.9. The fourth-order valence-corrected chi connectivity index (χ4v) is 3.12. The molecule has 0 aliphatic rings. The van der Waals surface area contributed by atoms with E-state index >= 15 is 0 Å². The summed E-state index contributed by atoms with van der Waals surface area (Å²) in [7, 11) is 3.36. The molecule has 2 aromatic heterocycles. The Morgan fingerprint density at radius 3 is 2.39 bits per heavy atom. The molecule has 0 aliphatic carbocycles. The van der Waals surface area contributed by atoms with Crippen molar-refractivity contribution < 1.29 is 9.59 Å². The van der Waals surface area contributed by atoms with Crippen LogP contribution in [0.25, 0.3) is 0 Å². The molecule has 8 nitrogen and oxygen atoms in total. The zero-order valence-electron chi connectivity index (χ0n) is 18.3. The number of anilines is 1. The average molecular weight is 419 g/mol. The highest BCUT2D eigenvalue weighted by Gasteiger charge is 2.18. The molecule has 2 amide bonds. The molecule has 1 aromatic carbocycles. The summed E-state index contributed by atoms with van der Waals surface area (Å²) in [5.74, 6) is -0.622. The monoisotopic (exact) mass is 419 g/mol. The summed E-state index contributed by atoms with van der Waals surface area (Å²) in [6.07, 6.45) is 4.89. The molecule has 0 saturated heterocycles. The van der Waals surface area contributed by atoms with E-state index < -0.39 is 11.5 Å². The molecule has 0 radical (unpaired) electrons. The van der Waals surface area contributed by atoms with Gasteiger partial charge in [0.25, 0.3) is 17.4 Å². The molecule has 31 heavy (non-hydrogen) atoms. The molecular weight excluding hydrogens is 394 g/mol. The van der Waals surface area contributed by atoms with Gasteiger partial charge in [-0.1, -0.05) is 0 Å². The minimum absolute atomic E-state index is 0.0652. The summed E-state index contributed by atoms with van der Waals surface area (Å²) in [6, 6.07) is 6.76. The van der Waals surface area contributed by atoms with E-state index in [-0.39, 0.29) is 18.0 Å². The number of amides is 2. The quantitative estimate of drug-likeness (QED) is 0.686. The number of carbonyl (C=O) groups excluding carboxylic acids is 2. The molecule has 3 rings (SSSR count). The number of benzene rings is 1. The van der Waals surface area contributed by atoms with Crippen molar-refractivity contribution in [1.82, 2.24) is 19.4 Å². The van der Waals surface area contributed by atoms with E-state index in [9.17, 15) is 14.4 Å². The molecule has 0 saturated carbocycles. The smallest absolute Gasteiger partial charge is 0.264 e. The van der Waals surface area contributed by atoms with E-state index in [0.717, 1.165) is 11.3 Å². The highest BCUT2D eigenvalue weighted by atomic mass is 16.2. The van der Waals surface area contributed by atoms with Gasteiger partial charge in [-0.2, -0.15) is 0 Å². The molecular formula is C23H25N5O3. The SMILES string of the molecule is Cc1cnc(Cn2ccc(C)c(C(=O)Nc3ccc(C(=O)N(C)C)cc3C)c2=O)cn1. The van der Waals surface area contributed by atoms with Gasteiger partial charge in [0.2, 0.25) is 0 Å². The number of hydrogen-bond donors (Lipinski definition) is 1. The maximum Gasteiger partial charge on any atom is 0.264 e. The third-order valence-corrected chi connectivity index (χ3v) is 4.90. The minimum Gasteiger partial charge on any atom is -0.345 e. The predicted octanol–water partition coefficient (Wildman–Crippen LogP) is 2.57. The van der Waals surface area contributed by atoms with E-state index in [1.54, 1.807) is 70.8 Å². The zero-order valence-corrected chi connectivity index (χ0v) is 18.3. The summed E-state index contributed by atoms with van der Waals surface area (Å²) < 4.78 is 1.44. The minimum atomic E-state index is -0.498. The van der Waals surface area contributed by atoms with Gasteiger partial charge < -0.3 is 14.8 Å². The van der Waals surface area contributed by atoms with Crippen LogP contribution >= 0.6 is 0 Å². The molecule has 0 aliphatic heterocycles. The predicted molar refractivity (Wildman–Crippen MR) is 118 cm³/mol. The number of rotatable bonds is 5. The first-order valence-electron chi connectivity index (χ1n) is 9.78. The van der Waals surface area contributed by atoms with Crippen LogP contribution in [-0.2, 0) is 6.54 Å². The van der Waals surface area contributed by atoms with Crippen molar-refractivity contribution in [3.8, 4) is 0 Å². The maximum absolute atomic E-state index is 13.0. The van der Waals surface area contributed by atoms with Crippen LogP contribution in [0.1, 0.15) is 43.2 Å². The van der Waals surface area contributed by atoms with Crippen molar-refractivity contribution in [1.29, 1.82) is 0 Å². The van der Waals surface area contributed by atoms with Crippen LogP contribution in [0, 0.1) is 20.8 Å². The van der Waals surface area contributed by atoms with Gasteiger partial charge in [0.1, 0.15) is 5.56 Å². The fraction of sp³-hybridized carbons (Fsp3) is 0.261. The second-order valence-corrected chi connectivity index (χ2v) is 7.64. The van der Waals surface area contributed by atoms with Gasteiger partial charge in [-0.25, -0.2) is 0 Å². The van der Waals surface area contributed by atoms with Gasteiger partial charge in [0.15, 0.2) is 0 Å². The van der Waals surface area contributed by atoms with Crippen molar-refractivity contribution in [2.24, 2.45) is 0 Å². The Labute approximate surface area is 180 Å². The summed E-state index contributed by atoms with van der Waals surface area (Å²) in [5.41, 5.74) is 3.44. The maximum atomic E-state index is 13.0. The number of aromatic nitrogens is 3. The van der Waals surface area contributed by atoms with E-state index in [2.05, 4.69) is 15.3 Å². The summed E-state index contributed by atoms with van der Waals surface area (Å²) in [6.45, 7) is 5.57. The molecule has 0 unspecified atom stereocenters. The van der Waals surface area contributed by atoms with Crippen LogP contribution in [0.2, 0.25) is 0 Å². The Balaban J connectivity index is 1.87. The lowest BCUT2D eigenvalue weighted by molar-refractivity contribution is 0.0827. The zero-order chi connectivity index (χ0) is 22.7. The van der Waals surface area contributed by atoms with Crippen LogP contribution in [0.15, 0.2) is 47.7 Å². The number of carbonyl (C=O) groups is 2. The molecule has 2 heterocycles. The highest BCUT2D eigenvalue weighted by molar-refractivity contribution is 6.05. The summed E-state index contributed by atoms with van der Waals surface area (Å²) in [5, 5.41) is 2.80. The molecule has 0 bridgehead atoms. The van der Waals surface area contributed by atoms with Crippen molar-refractivity contribution >= 4 is 17.5 Å². The highest BCUT2D eigenvalue weighted by Crippen LogP contribution is 2.18. The Bertz CT molecular complexity index is 1200. The molecule has 1 N–H and O–H groups in total. The van der Waals surface area contributed by atoms with Gasteiger partial charge >= 0.3 is 0 Å². The van der Waals surface area contributed by atoms with Crippen molar-refractivity contribution in [2.45, 2.75) is 27.3 Å². The second kappa shape index (κ2) is 8.91. The van der Waals surface area contributed by atoms with E-state index in [1.165, 1.54) is 9.47 Å². The summed E-state index contributed by atoms with van der Waals surface area (Å²) >= 11 is 0. The van der Waals surface area contributed by atoms with Crippen LogP contribution in [-0.4, -0.2) is 45.3 Å². The molecule has 0 atom stereocenters. The second-order valence-electron chi connectivity index (χ2n) is 7.64. The van der Waals surface area contributed by atoms with Crippen LogP contribution in [0.5, 0.6) is 0 Å². The Morgan fingerprint density at radius 1 is 1.03 bits per heavy atom. The largest absolute Gasteiger partial charge is 0.345 e. The van der Waals surface area contributed by atoms with Crippen LogP contribution in [0.4, 0.5) is 5.69 Å². The number of aryl methyl sites for hydroxylation is 3. The lowest BCUT2D eigenvalue weighted by Crippen LogP contribution is -2.30. The number of nitrogens with one attached hydrogen (secondary N) is 1. The summed E-state index contributed by atoms with van der Waals surface area (Å²) in [4.78, 5) is 48.0. The average Bonchev–Trinajstić information content (AvgIpc) is 2.72. The first-order valence-corrected chi connectivity index (χ1v) is 9.78. The third-order valence-electron chi connectivity index (χ3n) is 4.90. The number of hydrogen-bond acceptors (Lipinski definition) is 5. The number of pyridine rings is 1. The third kappa shape index (κ3) is 4.85. The van der Waals surface area contributed by atoms with Crippen molar-refractivity contribution in [2.75, 3.05) is 19.4 Å². The first-order chi connectivity index (χ1) is 14.7. The van der Waals surface area contributed by atoms with Gasteiger partial charge in [0, 0.05) is 37.7 Å². The van der Waals surface area contributed by atoms with E-state index in [4.69, 9.17) is 0 Å². The number of nitrogens with zero attached hydrogens (tertiary/aromatic N) is 4. The molecule has 3 aromatic rings. The van der Waals surface area contributed by atoms with Crippen LogP contribution < -0.4 is 10.9 Å². The molecule has 160 valence electrons. The van der Waals surface area contributed by atoms with Crippen molar-refractivity contribution in [3.63, 3.8) is 0 Å². The van der Waals surface area contributed by atoms with Gasteiger partial charge in [-0.05, 0) is 56.2 Å². The lowest BCUT2D eigenvalue weighted by Gasteiger charge is -2.14. The van der Waals surface area contributed by atoms with Gasteiger partial charge in [-0.3, -0.25) is 24.4 Å². The van der Waals surface area contributed by atoms with Crippen LogP contribution in [0.3, 0.4) is 0 Å². The van der Waals surface area contributed by atoms with Gasteiger partial charge in [0.05, 0.1) is 24.1 Å². The fourth-order valence-electron chi connectivity index (χ4n) is 3.12. The van der Waals surface area contributed by atoms with E-state index in [0.29, 0.717) is 22.5 Å². The lowest BCUT2D eigenvalue weighted by atomic mass is 10.1. The van der Waals surface area contributed by atoms with Gasteiger partial charge in [-0.15, -0.1) is 0 Å². The standard InChI is InChI=1S/C23H25N5O3/c1-14-8-9-28(13-18-12-24-16(3)11-25-18)23(31)20(14)21(29)26-19-7-6-17(10-15(19)2)22(30)27(4)5/h6-12H,13H2,1-5H3,(H,26,29). The topological polar surface area (TPSA) is 97.2 Å². The Hall–Kier alpha value is -3.81. The molecule has 0 fully saturated rings. The molecule has 0 spiro atoms. The Kier molecular flexibility index (Phi) is 6.29. The van der Waals surface area contributed by atoms with E-state index in [1.807, 2.05) is 6.92 Å². The molecule has 8 heteroatoms. The van der Waals surface area contributed by atoms with Crippen molar-refractivity contribution in [3.05, 3.63) is 86.9 Å².